The van der Waals surface area contributed by atoms with Crippen LogP contribution in [-0.4, -0.2) is 13.6 Å². The molecule has 0 saturated heterocycles. The summed E-state index contributed by atoms with van der Waals surface area (Å²) in [5.74, 6) is 1.14. The molecule has 0 aliphatic heterocycles. The van der Waals surface area contributed by atoms with Crippen molar-refractivity contribution in [1.82, 2.24) is 5.32 Å². The molecule has 0 radical (unpaired) electrons. The highest BCUT2D eigenvalue weighted by atomic mass is 19.4. The van der Waals surface area contributed by atoms with Gasteiger partial charge in [-0.1, -0.05) is 18.2 Å². The minimum Gasteiger partial charge on any atom is -0.319 e. The molecular formula is C14H18F3N. The highest BCUT2D eigenvalue weighted by molar-refractivity contribution is 5.26. The first kappa shape index (κ1) is 13.4. The minimum atomic E-state index is -4.24. The average molecular weight is 257 g/mol. The Kier molecular flexibility index (Phi) is 3.95. The Morgan fingerprint density at radius 3 is 2.50 bits per heavy atom. The molecule has 2 atom stereocenters. The Hall–Kier alpha value is -1.03. The van der Waals surface area contributed by atoms with Gasteiger partial charge in [-0.2, -0.15) is 13.2 Å². The average Bonchev–Trinajstić information content (AvgIpc) is 2.31. The van der Waals surface area contributed by atoms with Crippen molar-refractivity contribution in [3.63, 3.8) is 0 Å². The third kappa shape index (κ3) is 3.05. The van der Waals surface area contributed by atoms with E-state index in [9.17, 15) is 13.2 Å². The van der Waals surface area contributed by atoms with Gasteiger partial charge in [-0.15, -0.1) is 0 Å². The van der Waals surface area contributed by atoms with Crippen LogP contribution < -0.4 is 5.32 Å². The number of benzene rings is 1. The van der Waals surface area contributed by atoms with Gasteiger partial charge >= 0.3 is 6.18 Å². The second-order valence-electron chi connectivity index (χ2n) is 5.06. The Bertz CT molecular complexity index is 400. The van der Waals surface area contributed by atoms with E-state index in [0.29, 0.717) is 11.8 Å². The van der Waals surface area contributed by atoms with Crippen LogP contribution in [0.1, 0.15) is 24.0 Å². The van der Waals surface area contributed by atoms with Crippen molar-refractivity contribution in [3.8, 4) is 0 Å². The molecule has 18 heavy (non-hydrogen) atoms. The maximum absolute atomic E-state index is 12.6. The molecule has 2 unspecified atom stereocenters. The van der Waals surface area contributed by atoms with Crippen molar-refractivity contribution in [2.45, 2.75) is 25.4 Å². The molecule has 4 heteroatoms. The summed E-state index contributed by atoms with van der Waals surface area (Å²) in [7, 11) is 1.92. The summed E-state index contributed by atoms with van der Waals surface area (Å²) < 4.78 is 37.8. The van der Waals surface area contributed by atoms with E-state index in [1.54, 1.807) is 6.07 Å². The van der Waals surface area contributed by atoms with Gasteiger partial charge in [-0.05, 0) is 56.3 Å². The lowest BCUT2D eigenvalue weighted by molar-refractivity contribution is -0.137. The van der Waals surface area contributed by atoms with Crippen LogP contribution in [0.4, 0.5) is 13.2 Å². The van der Waals surface area contributed by atoms with Crippen LogP contribution in [0, 0.1) is 11.8 Å². The highest BCUT2D eigenvalue weighted by Crippen LogP contribution is 2.37. The first-order valence-corrected chi connectivity index (χ1v) is 6.31. The number of alkyl halides is 3. The Morgan fingerprint density at radius 1 is 1.22 bits per heavy atom. The van der Waals surface area contributed by atoms with Gasteiger partial charge in [-0.3, -0.25) is 0 Å². The zero-order valence-corrected chi connectivity index (χ0v) is 10.4. The molecule has 1 fully saturated rings. The number of hydrogen-bond acceptors (Lipinski definition) is 1. The zero-order valence-electron chi connectivity index (χ0n) is 10.4. The van der Waals surface area contributed by atoms with Crippen LogP contribution in [0.2, 0.25) is 0 Å². The van der Waals surface area contributed by atoms with Crippen LogP contribution >= 0.6 is 0 Å². The third-order valence-corrected chi connectivity index (χ3v) is 3.79. The fourth-order valence-corrected chi connectivity index (χ4v) is 2.62. The van der Waals surface area contributed by atoms with E-state index in [0.717, 1.165) is 31.0 Å². The Labute approximate surface area is 105 Å². The van der Waals surface area contributed by atoms with Gasteiger partial charge in [0, 0.05) is 0 Å². The highest BCUT2D eigenvalue weighted by Gasteiger charge is 2.32. The van der Waals surface area contributed by atoms with Crippen molar-refractivity contribution in [2.75, 3.05) is 13.6 Å². The smallest absolute Gasteiger partial charge is 0.319 e. The molecule has 1 aromatic carbocycles. The van der Waals surface area contributed by atoms with Crippen molar-refractivity contribution < 1.29 is 13.2 Å². The van der Waals surface area contributed by atoms with Crippen molar-refractivity contribution >= 4 is 0 Å². The van der Waals surface area contributed by atoms with Gasteiger partial charge in [0.25, 0.3) is 0 Å². The van der Waals surface area contributed by atoms with E-state index in [2.05, 4.69) is 5.32 Å². The van der Waals surface area contributed by atoms with E-state index in [1.807, 2.05) is 7.05 Å². The molecule has 1 aliphatic carbocycles. The quantitative estimate of drug-likeness (QED) is 0.870. The first-order valence-electron chi connectivity index (χ1n) is 6.31. The maximum atomic E-state index is 12.6. The monoisotopic (exact) mass is 257 g/mol. The lowest BCUT2D eigenvalue weighted by atomic mass is 9.70. The van der Waals surface area contributed by atoms with Crippen molar-refractivity contribution in [1.29, 1.82) is 0 Å². The molecule has 100 valence electrons. The van der Waals surface area contributed by atoms with E-state index in [1.165, 1.54) is 18.6 Å². The van der Waals surface area contributed by atoms with Crippen LogP contribution in [-0.2, 0) is 12.6 Å². The zero-order chi connectivity index (χ0) is 13.2. The van der Waals surface area contributed by atoms with E-state index >= 15 is 0 Å². The van der Waals surface area contributed by atoms with E-state index in [-0.39, 0.29) is 0 Å². The minimum absolute atomic E-state index is 0.529. The Morgan fingerprint density at radius 2 is 1.94 bits per heavy atom. The standard InChI is InChI=1S/C14H18F3N/c1-18-9-12-6-5-11(12)7-10-3-2-4-13(8-10)14(15,16)17/h2-4,8,11-12,18H,5-7,9H2,1H3. The molecule has 0 amide bonds. The van der Waals surface area contributed by atoms with Crippen LogP contribution in [0.25, 0.3) is 0 Å². The second-order valence-corrected chi connectivity index (χ2v) is 5.06. The molecule has 0 aromatic heterocycles. The van der Waals surface area contributed by atoms with Crippen LogP contribution in [0.15, 0.2) is 24.3 Å². The maximum Gasteiger partial charge on any atom is 0.416 e. The van der Waals surface area contributed by atoms with Crippen LogP contribution in [0.3, 0.4) is 0 Å². The van der Waals surface area contributed by atoms with Gasteiger partial charge < -0.3 is 5.32 Å². The Balaban J connectivity index is 2.02. The molecule has 1 saturated carbocycles. The molecule has 2 rings (SSSR count). The van der Waals surface area contributed by atoms with Crippen molar-refractivity contribution in [2.24, 2.45) is 11.8 Å². The molecule has 0 spiro atoms. The second kappa shape index (κ2) is 5.31. The van der Waals surface area contributed by atoms with Gasteiger partial charge in [0.2, 0.25) is 0 Å². The normalized spacial score (nSPS) is 23.8. The van der Waals surface area contributed by atoms with E-state index in [4.69, 9.17) is 0 Å². The van der Waals surface area contributed by atoms with Crippen LogP contribution in [0.5, 0.6) is 0 Å². The predicted molar refractivity (Wildman–Crippen MR) is 65.3 cm³/mol. The first-order chi connectivity index (χ1) is 8.50. The topological polar surface area (TPSA) is 12.0 Å². The molecule has 1 nitrogen and oxygen atoms in total. The number of rotatable bonds is 4. The fraction of sp³-hybridized carbons (Fsp3) is 0.571. The van der Waals surface area contributed by atoms with Gasteiger partial charge in [0.05, 0.1) is 5.56 Å². The summed E-state index contributed by atoms with van der Waals surface area (Å²) in [4.78, 5) is 0. The summed E-state index contributed by atoms with van der Waals surface area (Å²) >= 11 is 0. The molecule has 1 aromatic rings. The van der Waals surface area contributed by atoms with Gasteiger partial charge in [0.15, 0.2) is 0 Å². The fourth-order valence-electron chi connectivity index (χ4n) is 2.62. The van der Waals surface area contributed by atoms with Gasteiger partial charge in [0.1, 0.15) is 0 Å². The predicted octanol–water partition coefficient (Wildman–Crippen LogP) is 3.49. The third-order valence-electron chi connectivity index (χ3n) is 3.79. The molecular weight excluding hydrogens is 239 g/mol. The summed E-state index contributed by atoms with van der Waals surface area (Å²) in [6.07, 6.45) is -1.16. The molecule has 1 N–H and O–H groups in total. The van der Waals surface area contributed by atoms with Gasteiger partial charge in [-0.25, -0.2) is 0 Å². The summed E-state index contributed by atoms with van der Waals surface area (Å²) in [5.41, 5.74) is 0.264. The molecule has 0 heterocycles. The summed E-state index contributed by atoms with van der Waals surface area (Å²) in [6, 6.07) is 5.72. The lowest BCUT2D eigenvalue weighted by Crippen LogP contribution is -2.35. The molecule has 1 aliphatic rings. The largest absolute Gasteiger partial charge is 0.416 e. The summed E-state index contributed by atoms with van der Waals surface area (Å²) in [5, 5.41) is 3.14. The lowest BCUT2D eigenvalue weighted by Gasteiger charge is -2.37. The van der Waals surface area contributed by atoms with Crippen molar-refractivity contribution in [3.05, 3.63) is 35.4 Å². The number of halogens is 3. The number of hydrogen-bond donors (Lipinski definition) is 1. The SMILES string of the molecule is CNCC1CCC1Cc1cccc(C(F)(F)F)c1. The number of nitrogens with one attached hydrogen (secondary N) is 1. The summed E-state index contributed by atoms with van der Waals surface area (Å²) in [6.45, 7) is 0.962. The molecule has 0 bridgehead atoms. The van der Waals surface area contributed by atoms with E-state index < -0.39 is 11.7 Å².